The number of carbonyl (C=O) groups excluding carboxylic acids is 1. The first kappa shape index (κ1) is 13.7. The number of halogens is 1. The number of para-hydroxylation sites is 2. The van der Waals surface area contributed by atoms with Crippen molar-refractivity contribution in [1.82, 2.24) is 20.2 Å². The molecule has 0 unspecified atom stereocenters. The van der Waals surface area contributed by atoms with Gasteiger partial charge in [-0.05, 0) is 57.3 Å². The van der Waals surface area contributed by atoms with E-state index in [-0.39, 0.29) is 5.91 Å². The van der Waals surface area contributed by atoms with E-state index in [0.29, 0.717) is 16.9 Å². The van der Waals surface area contributed by atoms with Crippen LogP contribution in [0.3, 0.4) is 0 Å². The zero-order chi connectivity index (χ0) is 14.7. The van der Waals surface area contributed by atoms with Gasteiger partial charge in [-0.15, -0.1) is 5.10 Å². The maximum atomic E-state index is 12.4. The molecule has 104 valence electrons. The molecule has 3 rings (SSSR count). The van der Waals surface area contributed by atoms with Crippen molar-refractivity contribution >= 4 is 34.2 Å². The SMILES string of the molecule is O=C(Nc1ccccc1-n1cnnn1)c1ccccc1I. The molecule has 1 heterocycles. The molecule has 0 saturated carbocycles. The number of anilines is 1. The van der Waals surface area contributed by atoms with Crippen molar-refractivity contribution < 1.29 is 4.79 Å². The first-order valence-electron chi connectivity index (χ1n) is 6.14. The maximum Gasteiger partial charge on any atom is 0.256 e. The molecular weight excluding hydrogens is 381 g/mol. The number of amides is 1. The third-order valence-corrected chi connectivity index (χ3v) is 3.81. The third kappa shape index (κ3) is 2.92. The molecule has 1 amide bonds. The molecule has 0 aliphatic rings. The number of aromatic nitrogens is 4. The van der Waals surface area contributed by atoms with Crippen LogP contribution < -0.4 is 5.32 Å². The van der Waals surface area contributed by atoms with Crippen LogP contribution in [0.2, 0.25) is 0 Å². The Bertz CT molecular complexity index is 773. The summed E-state index contributed by atoms with van der Waals surface area (Å²) in [6, 6.07) is 14.8. The van der Waals surface area contributed by atoms with Gasteiger partial charge in [0.2, 0.25) is 0 Å². The highest BCUT2D eigenvalue weighted by atomic mass is 127. The number of nitrogens with one attached hydrogen (secondary N) is 1. The summed E-state index contributed by atoms with van der Waals surface area (Å²) < 4.78 is 2.40. The summed E-state index contributed by atoms with van der Waals surface area (Å²) in [6.07, 6.45) is 1.48. The molecule has 0 atom stereocenters. The Morgan fingerprint density at radius 2 is 1.86 bits per heavy atom. The summed E-state index contributed by atoms with van der Waals surface area (Å²) >= 11 is 2.14. The average molecular weight is 391 g/mol. The summed E-state index contributed by atoms with van der Waals surface area (Å²) in [5.74, 6) is -0.166. The van der Waals surface area contributed by atoms with Crippen LogP contribution in [0.15, 0.2) is 54.9 Å². The first-order valence-corrected chi connectivity index (χ1v) is 7.22. The lowest BCUT2D eigenvalue weighted by atomic mass is 10.2. The van der Waals surface area contributed by atoms with Crippen molar-refractivity contribution in [3.05, 3.63) is 64.0 Å². The average Bonchev–Trinajstić information content (AvgIpc) is 3.02. The number of hydrogen-bond acceptors (Lipinski definition) is 4. The predicted octanol–water partition coefficient (Wildman–Crippen LogP) is 2.52. The largest absolute Gasteiger partial charge is 0.320 e. The molecule has 1 N–H and O–H groups in total. The lowest BCUT2D eigenvalue weighted by molar-refractivity contribution is 0.102. The second-order valence-corrected chi connectivity index (χ2v) is 5.37. The van der Waals surface area contributed by atoms with Crippen molar-refractivity contribution in [3.8, 4) is 5.69 Å². The highest BCUT2D eigenvalue weighted by molar-refractivity contribution is 14.1. The summed E-state index contributed by atoms with van der Waals surface area (Å²) in [6.45, 7) is 0. The number of carbonyl (C=O) groups is 1. The number of tetrazole rings is 1. The fourth-order valence-electron chi connectivity index (χ4n) is 1.89. The molecule has 0 radical (unpaired) electrons. The third-order valence-electron chi connectivity index (χ3n) is 2.87. The Kier molecular flexibility index (Phi) is 3.91. The van der Waals surface area contributed by atoms with Crippen molar-refractivity contribution in [3.63, 3.8) is 0 Å². The zero-order valence-corrected chi connectivity index (χ0v) is 12.9. The van der Waals surface area contributed by atoms with E-state index in [1.165, 1.54) is 11.0 Å². The van der Waals surface area contributed by atoms with E-state index in [2.05, 4.69) is 43.4 Å². The molecule has 0 aliphatic carbocycles. The summed E-state index contributed by atoms with van der Waals surface area (Å²) in [5, 5.41) is 14.0. The van der Waals surface area contributed by atoms with Gasteiger partial charge in [0.1, 0.15) is 6.33 Å². The number of rotatable bonds is 3. The molecule has 6 nitrogen and oxygen atoms in total. The molecular formula is C14H10IN5O. The van der Waals surface area contributed by atoms with Crippen molar-refractivity contribution in [1.29, 1.82) is 0 Å². The molecule has 3 aromatic rings. The van der Waals surface area contributed by atoms with Gasteiger partial charge < -0.3 is 5.32 Å². The van der Waals surface area contributed by atoms with Crippen LogP contribution in [0, 0.1) is 3.57 Å². The fraction of sp³-hybridized carbons (Fsp3) is 0. The molecule has 0 aliphatic heterocycles. The van der Waals surface area contributed by atoms with Crippen LogP contribution in [0.4, 0.5) is 5.69 Å². The zero-order valence-electron chi connectivity index (χ0n) is 10.8. The molecule has 0 bridgehead atoms. The van der Waals surface area contributed by atoms with Crippen LogP contribution in [0.5, 0.6) is 0 Å². The smallest absolute Gasteiger partial charge is 0.256 e. The van der Waals surface area contributed by atoms with Crippen LogP contribution in [-0.4, -0.2) is 26.1 Å². The molecule has 21 heavy (non-hydrogen) atoms. The summed E-state index contributed by atoms with van der Waals surface area (Å²) in [4.78, 5) is 12.4. The van der Waals surface area contributed by atoms with Gasteiger partial charge in [0.15, 0.2) is 0 Å². The Hall–Kier alpha value is -2.29. The number of nitrogens with zero attached hydrogens (tertiary/aromatic N) is 4. The molecule has 0 fully saturated rings. The van der Waals surface area contributed by atoms with E-state index in [4.69, 9.17) is 0 Å². The second-order valence-electron chi connectivity index (χ2n) is 4.21. The van der Waals surface area contributed by atoms with E-state index in [0.717, 1.165) is 3.57 Å². The van der Waals surface area contributed by atoms with E-state index < -0.39 is 0 Å². The summed E-state index contributed by atoms with van der Waals surface area (Å²) in [7, 11) is 0. The quantitative estimate of drug-likeness (QED) is 0.697. The monoisotopic (exact) mass is 391 g/mol. The first-order chi connectivity index (χ1) is 10.3. The van der Waals surface area contributed by atoms with Gasteiger partial charge in [0, 0.05) is 3.57 Å². The molecule has 7 heteroatoms. The standard InChI is InChI=1S/C14H10IN5O/c15-11-6-2-1-5-10(11)14(21)17-12-7-3-4-8-13(12)20-9-16-18-19-20/h1-9H,(H,17,21). The Balaban J connectivity index is 1.93. The van der Waals surface area contributed by atoms with Crippen LogP contribution >= 0.6 is 22.6 Å². The van der Waals surface area contributed by atoms with E-state index in [1.54, 1.807) is 6.07 Å². The molecule has 1 aromatic heterocycles. The second kappa shape index (κ2) is 6.00. The van der Waals surface area contributed by atoms with Gasteiger partial charge in [-0.2, -0.15) is 4.68 Å². The van der Waals surface area contributed by atoms with Crippen LogP contribution in [0.1, 0.15) is 10.4 Å². The minimum absolute atomic E-state index is 0.166. The fourth-order valence-corrected chi connectivity index (χ4v) is 2.52. The van der Waals surface area contributed by atoms with Gasteiger partial charge in [0.25, 0.3) is 5.91 Å². The Morgan fingerprint density at radius 3 is 2.62 bits per heavy atom. The van der Waals surface area contributed by atoms with Crippen molar-refractivity contribution in [2.24, 2.45) is 0 Å². The minimum Gasteiger partial charge on any atom is -0.320 e. The van der Waals surface area contributed by atoms with Crippen molar-refractivity contribution in [2.45, 2.75) is 0 Å². The number of hydrogen-bond donors (Lipinski definition) is 1. The number of benzene rings is 2. The van der Waals surface area contributed by atoms with E-state index >= 15 is 0 Å². The van der Waals surface area contributed by atoms with Gasteiger partial charge in [-0.3, -0.25) is 4.79 Å². The predicted molar refractivity (Wildman–Crippen MR) is 86.3 cm³/mol. The Labute approximate surface area is 134 Å². The van der Waals surface area contributed by atoms with Crippen molar-refractivity contribution in [2.75, 3.05) is 5.32 Å². The molecule has 0 saturated heterocycles. The van der Waals surface area contributed by atoms with Gasteiger partial charge in [-0.25, -0.2) is 0 Å². The highest BCUT2D eigenvalue weighted by Crippen LogP contribution is 2.20. The van der Waals surface area contributed by atoms with Gasteiger partial charge in [0.05, 0.1) is 16.9 Å². The topological polar surface area (TPSA) is 72.7 Å². The van der Waals surface area contributed by atoms with Crippen LogP contribution in [-0.2, 0) is 0 Å². The van der Waals surface area contributed by atoms with Gasteiger partial charge >= 0.3 is 0 Å². The molecule has 2 aromatic carbocycles. The Morgan fingerprint density at radius 1 is 1.10 bits per heavy atom. The molecule has 0 spiro atoms. The van der Waals surface area contributed by atoms with Crippen LogP contribution in [0.25, 0.3) is 5.69 Å². The van der Waals surface area contributed by atoms with Gasteiger partial charge in [-0.1, -0.05) is 24.3 Å². The van der Waals surface area contributed by atoms with E-state index in [1.807, 2.05) is 42.5 Å². The highest BCUT2D eigenvalue weighted by Gasteiger charge is 2.12. The minimum atomic E-state index is -0.166. The van der Waals surface area contributed by atoms with E-state index in [9.17, 15) is 4.79 Å². The normalized spacial score (nSPS) is 10.3. The lowest BCUT2D eigenvalue weighted by Gasteiger charge is -2.10. The lowest BCUT2D eigenvalue weighted by Crippen LogP contribution is -2.15. The maximum absolute atomic E-state index is 12.4. The summed E-state index contributed by atoms with van der Waals surface area (Å²) in [5.41, 5.74) is 1.99.